The summed E-state index contributed by atoms with van der Waals surface area (Å²) in [7, 11) is -3.48. The van der Waals surface area contributed by atoms with Gasteiger partial charge in [-0.2, -0.15) is 9.30 Å². The summed E-state index contributed by atoms with van der Waals surface area (Å²) >= 11 is 1.29. The van der Waals surface area contributed by atoms with E-state index in [0.29, 0.717) is 24.2 Å². The van der Waals surface area contributed by atoms with Gasteiger partial charge in [0.05, 0.1) is 23.1 Å². The van der Waals surface area contributed by atoms with Crippen molar-refractivity contribution < 1.29 is 22.7 Å². The minimum absolute atomic E-state index is 0.0660. The maximum atomic E-state index is 12.8. The minimum atomic E-state index is -3.48. The van der Waals surface area contributed by atoms with Crippen LogP contribution in [0.1, 0.15) is 25.3 Å². The van der Waals surface area contributed by atoms with E-state index >= 15 is 0 Å². The molecule has 1 fully saturated rings. The molecule has 8 nitrogen and oxygen atoms in total. The van der Waals surface area contributed by atoms with Gasteiger partial charge in [0.25, 0.3) is 5.91 Å². The highest BCUT2D eigenvalue weighted by Gasteiger charge is 2.36. The van der Waals surface area contributed by atoms with Crippen molar-refractivity contribution in [2.45, 2.75) is 39.3 Å². The fraction of sp³-hybridized carbons (Fsp3) is 0.500. The second kappa shape index (κ2) is 8.14. The third-order valence-electron chi connectivity index (χ3n) is 4.55. The van der Waals surface area contributed by atoms with E-state index in [0.717, 1.165) is 22.0 Å². The molecule has 1 atom stereocenters. The Morgan fingerprint density at radius 1 is 1.36 bits per heavy atom. The van der Waals surface area contributed by atoms with E-state index in [2.05, 4.69) is 4.99 Å². The number of hydrogen-bond acceptors (Lipinski definition) is 6. The summed E-state index contributed by atoms with van der Waals surface area (Å²) in [6.07, 6.45) is 2.16. The Labute approximate surface area is 167 Å². The third kappa shape index (κ3) is 4.34. The summed E-state index contributed by atoms with van der Waals surface area (Å²) in [5, 5.41) is 0. The quantitative estimate of drug-likeness (QED) is 0.675. The summed E-state index contributed by atoms with van der Waals surface area (Å²) < 4.78 is 32.6. The lowest BCUT2D eigenvalue weighted by molar-refractivity contribution is -0.143. The largest absolute Gasteiger partial charge is 0.465 e. The van der Waals surface area contributed by atoms with Crippen molar-refractivity contribution >= 4 is 43.5 Å². The molecule has 1 aliphatic heterocycles. The molecule has 0 saturated carbocycles. The molecule has 1 amide bonds. The number of nitrogens with zero attached hydrogens (tertiary/aromatic N) is 3. The average molecular weight is 426 g/mol. The zero-order valence-corrected chi connectivity index (χ0v) is 17.7. The molecule has 0 N–H and O–H groups in total. The number of amides is 1. The van der Waals surface area contributed by atoms with Gasteiger partial charge in [-0.1, -0.05) is 17.4 Å². The highest BCUT2D eigenvalue weighted by atomic mass is 32.2. The molecule has 0 bridgehead atoms. The SMILES string of the molecule is CCOC(=O)Cn1c(=NC(=O)C2CCCN2S(C)(=O)=O)sc2cc(C)ccc21. The Morgan fingerprint density at radius 3 is 2.79 bits per heavy atom. The first-order valence-electron chi connectivity index (χ1n) is 9.01. The zero-order chi connectivity index (χ0) is 20.5. The lowest BCUT2D eigenvalue weighted by Crippen LogP contribution is -2.40. The third-order valence-corrected chi connectivity index (χ3v) is 6.88. The molecule has 28 heavy (non-hydrogen) atoms. The predicted octanol–water partition coefficient (Wildman–Crippen LogP) is 1.43. The van der Waals surface area contributed by atoms with Crippen LogP contribution >= 0.6 is 11.3 Å². The Kier molecular flexibility index (Phi) is 6.01. The molecule has 0 spiro atoms. The molecule has 0 aliphatic carbocycles. The van der Waals surface area contributed by atoms with E-state index in [1.165, 1.54) is 15.6 Å². The van der Waals surface area contributed by atoms with Gasteiger partial charge in [0.15, 0.2) is 4.80 Å². The lowest BCUT2D eigenvalue weighted by Gasteiger charge is -2.18. The van der Waals surface area contributed by atoms with E-state index in [-0.39, 0.29) is 13.2 Å². The van der Waals surface area contributed by atoms with Gasteiger partial charge in [-0.25, -0.2) is 8.42 Å². The number of aryl methyl sites for hydroxylation is 1. The van der Waals surface area contributed by atoms with Crippen molar-refractivity contribution in [2.75, 3.05) is 19.4 Å². The Hall–Kier alpha value is -2.04. The number of carbonyl (C=O) groups is 2. The van der Waals surface area contributed by atoms with Crippen LogP contribution in [0.4, 0.5) is 0 Å². The van der Waals surface area contributed by atoms with Crippen molar-refractivity contribution in [1.82, 2.24) is 8.87 Å². The number of aromatic nitrogens is 1. The van der Waals surface area contributed by atoms with Gasteiger partial charge < -0.3 is 9.30 Å². The second-order valence-electron chi connectivity index (χ2n) is 6.73. The van der Waals surface area contributed by atoms with Crippen LogP contribution in [0.15, 0.2) is 23.2 Å². The number of sulfonamides is 1. The Bertz CT molecular complexity index is 1080. The summed E-state index contributed by atoms with van der Waals surface area (Å²) in [6, 6.07) is 4.97. The molecular formula is C18H23N3O5S2. The molecular weight excluding hydrogens is 402 g/mol. The minimum Gasteiger partial charge on any atom is -0.465 e. The molecule has 0 radical (unpaired) electrons. The van der Waals surface area contributed by atoms with E-state index in [1.54, 1.807) is 11.5 Å². The van der Waals surface area contributed by atoms with Crippen molar-refractivity contribution in [2.24, 2.45) is 4.99 Å². The molecule has 3 rings (SSSR count). The Morgan fingerprint density at radius 2 is 2.11 bits per heavy atom. The first-order chi connectivity index (χ1) is 13.2. The van der Waals surface area contributed by atoms with Gasteiger partial charge >= 0.3 is 5.97 Å². The molecule has 1 aromatic heterocycles. The molecule has 2 heterocycles. The maximum Gasteiger partial charge on any atom is 0.326 e. The average Bonchev–Trinajstić information content (AvgIpc) is 3.20. The number of esters is 1. The summed E-state index contributed by atoms with van der Waals surface area (Å²) in [6.45, 7) is 4.20. The molecule has 1 aliphatic rings. The molecule has 2 aromatic rings. The molecule has 1 aromatic carbocycles. The number of ether oxygens (including phenoxy) is 1. The second-order valence-corrected chi connectivity index (χ2v) is 9.67. The van der Waals surface area contributed by atoms with Gasteiger partial charge in [-0.05, 0) is 44.4 Å². The van der Waals surface area contributed by atoms with E-state index < -0.39 is 27.9 Å². The number of hydrogen-bond donors (Lipinski definition) is 0. The van der Waals surface area contributed by atoms with Crippen LogP contribution in [0.3, 0.4) is 0 Å². The zero-order valence-electron chi connectivity index (χ0n) is 16.0. The van der Waals surface area contributed by atoms with E-state index in [1.807, 2.05) is 25.1 Å². The molecule has 1 saturated heterocycles. The van der Waals surface area contributed by atoms with Crippen LogP contribution in [0.25, 0.3) is 10.2 Å². The summed E-state index contributed by atoms with van der Waals surface area (Å²) in [5.41, 5.74) is 1.83. The lowest BCUT2D eigenvalue weighted by atomic mass is 10.2. The topological polar surface area (TPSA) is 98.0 Å². The van der Waals surface area contributed by atoms with Crippen LogP contribution in [0.2, 0.25) is 0 Å². The number of rotatable bonds is 5. The highest BCUT2D eigenvalue weighted by Crippen LogP contribution is 2.22. The van der Waals surface area contributed by atoms with E-state index in [4.69, 9.17) is 4.74 Å². The summed E-state index contributed by atoms with van der Waals surface area (Å²) in [5.74, 6) is -0.931. The van der Waals surface area contributed by atoms with Crippen LogP contribution in [0, 0.1) is 6.92 Å². The standard InChI is InChI=1S/C18H23N3O5S2/c1-4-26-16(22)11-20-13-8-7-12(2)10-15(13)27-18(20)19-17(23)14-6-5-9-21(14)28(3,24)25/h7-8,10,14H,4-6,9,11H2,1-3H3. The number of fused-ring (bicyclic) bond motifs is 1. The monoisotopic (exact) mass is 425 g/mol. The Balaban J connectivity index is 2.05. The van der Waals surface area contributed by atoms with Gasteiger partial charge in [0.1, 0.15) is 12.6 Å². The first kappa shape index (κ1) is 20.7. The number of benzene rings is 1. The van der Waals surface area contributed by atoms with E-state index in [9.17, 15) is 18.0 Å². The van der Waals surface area contributed by atoms with Gasteiger partial charge in [-0.3, -0.25) is 9.59 Å². The number of carbonyl (C=O) groups excluding carboxylic acids is 2. The van der Waals surface area contributed by atoms with Crippen molar-refractivity contribution in [3.05, 3.63) is 28.6 Å². The van der Waals surface area contributed by atoms with Crippen molar-refractivity contribution in [1.29, 1.82) is 0 Å². The van der Waals surface area contributed by atoms with Crippen LogP contribution < -0.4 is 4.80 Å². The highest BCUT2D eigenvalue weighted by molar-refractivity contribution is 7.88. The van der Waals surface area contributed by atoms with Crippen molar-refractivity contribution in [3.8, 4) is 0 Å². The van der Waals surface area contributed by atoms with Crippen LogP contribution in [0.5, 0.6) is 0 Å². The number of thiazole rings is 1. The summed E-state index contributed by atoms with van der Waals surface area (Å²) in [4.78, 5) is 29.4. The fourth-order valence-electron chi connectivity index (χ4n) is 3.31. The predicted molar refractivity (Wildman–Crippen MR) is 106 cm³/mol. The normalized spacial score (nSPS) is 18.7. The van der Waals surface area contributed by atoms with Gasteiger partial charge in [0, 0.05) is 6.54 Å². The molecule has 1 unspecified atom stereocenters. The van der Waals surface area contributed by atoms with Crippen LogP contribution in [-0.2, 0) is 30.9 Å². The molecule has 152 valence electrons. The smallest absolute Gasteiger partial charge is 0.326 e. The first-order valence-corrected chi connectivity index (χ1v) is 11.7. The fourth-order valence-corrected chi connectivity index (χ4v) is 5.56. The van der Waals surface area contributed by atoms with Crippen LogP contribution in [-0.4, -0.2) is 54.6 Å². The molecule has 10 heteroatoms. The maximum absolute atomic E-state index is 12.8. The van der Waals surface area contributed by atoms with Crippen molar-refractivity contribution in [3.63, 3.8) is 0 Å². The van der Waals surface area contributed by atoms with Gasteiger partial charge in [0.2, 0.25) is 10.0 Å². The van der Waals surface area contributed by atoms with Gasteiger partial charge in [-0.15, -0.1) is 0 Å².